The van der Waals surface area contributed by atoms with Crippen LogP contribution in [0.3, 0.4) is 0 Å². The van der Waals surface area contributed by atoms with Gasteiger partial charge in [-0.3, -0.25) is 4.52 Å². The van der Waals surface area contributed by atoms with Gasteiger partial charge >= 0.3 is 7.60 Å². The Hall–Kier alpha value is -1.05. The third kappa shape index (κ3) is 2.20. The van der Waals surface area contributed by atoms with Gasteiger partial charge < -0.3 is 4.52 Å². The van der Waals surface area contributed by atoms with E-state index in [1.165, 1.54) is 7.11 Å². The molecule has 1 aromatic rings. The molecule has 0 aliphatic heterocycles. The largest absolute Gasteiger partial charge is 0.430 e. The van der Waals surface area contributed by atoms with E-state index in [1.807, 2.05) is 6.07 Å². The minimum Gasteiger partial charge on any atom is -0.430 e. The molecule has 13 heavy (non-hydrogen) atoms. The van der Waals surface area contributed by atoms with Gasteiger partial charge in [0.1, 0.15) is 0 Å². The fraction of sp³-hybridized carbons (Fsp3) is 0.111. The van der Waals surface area contributed by atoms with Crippen LogP contribution < -0.4 is 5.30 Å². The predicted octanol–water partition coefficient (Wildman–Crippen LogP) is 2.31. The molecule has 0 amide bonds. The highest BCUT2D eigenvalue weighted by atomic mass is 31.2. The first-order valence-electron chi connectivity index (χ1n) is 3.73. The van der Waals surface area contributed by atoms with Crippen LogP contribution in [0.2, 0.25) is 0 Å². The van der Waals surface area contributed by atoms with Crippen LogP contribution in [0.25, 0.3) is 0 Å². The summed E-state index contributed by atoms with van der Waals surface area (Å²) in [6.45, 7) is 3.34. The van der Waals surface area contributed by atoms with Gasteiger partial charge in [0, 0.05) is 7.11 Å². The van der Waals surface area contributed by atoms with E-state index >= 15 is 0 Å². The van der Waals surface area contributed by atoms with Crippen LogP contribution in [-0.2, 0) is 13.6 Å². The molecule has 70 valence electrons. The molecule has 3 nitrogen and oxygen atoms in total. The third-order valence-electron chi connectivity index (χ3n) is 1.53. The summed E-state index contributed by atoms with van der Waals surface area (Å²) in [7, 11) is -1.83. The zero-order chi connectivity index (χ0) is 9.73. The van der Waals surface area contributed by atoms with Gasteiger partial charge in [0.2, 0.25) is 0 Å². The minimum atomic E-state index is -3.17. The second kappa shape index (κ2) is 4.26. The van der Waals surface area contributed by atoms with Gasteiger partial charge in [0.25, 0.3) is 0 Å². The van der Waals surface area contributed by atoms with Gasteiger partial charge in [-0.2, -0.15) is 0 Å². The molecule has 0 saturated carbocycles. The van der Waals surface area contributed by atoms with Crippen LogP contribution in [-0.4, -0.2) is 7.11 Å². The number of rotatable bonds is 4. The van der Waals surface area contributed by atoms with Crippen molar-refractivity contribution in [1.29, 1.82) is 0 Å². The first-order valence-corrected chi connectivity index (χ1v) is 5.28. The average molecular weight is 198 g/mol. The summed E-state index contributed by atoms with van der Waals surface area (Å²) in [5.74, 6) is 0. The number of hydrogen-bond donors (Lipinski definition) is 0. The molecule has 0 N–H and O–H groups in total. The SMILES string of the molecule is C=COP(=O)(OC)c1ccccc1. The Labute approximate surface area is 77.5 Å². The van der Waals surface area contributed by atoms with E-state index in [4.69, 9.17) is 9.05 Å². The minimum absolute atomic E-state index is 0.525. The fourth-order valence-electron chi connectivity index (χ4n) is 0.918. The maximum absolute atomic E-state index is 11.9. The smallest absolute Gasteiger partial charge is 0.409 e. The molecule has 0 spiro atoms. The fourth-order valence-corrected chi connectivity index (χ4v) is 2.07. The van der Waals surface area contributed by atoms with Crippen molar-refractivity contribution in [2.45, 2.75) is 0 Å². The molecule has 1 atom stereocenters. The lowest BCUT2D eigenvalue weighted by molar-refractivity contribution is 0.311. The van der Waals surface area contributed by atoms with E-state index in [-0.39, 0.29) is 0 Å². The van der Waals surface area contributed by atoms with E-state index in [1.54, 1.807) is 24.3 Å². The standard InChI is InChI=1S/C9H11O3P/c1-3-12-13(10,11-2)9-7-5-4-6-8-9/h3-8H,1H2,2H3. The second-order valence-electron chi connectivity index (χ2n) is 2.29. The Morgan fingerprint density at radius 1 is 1.38 bits per heavy atom. The van der Waals surface area contributed by atoms with Crippen molar-refractivity contribution in [3.63, 3.8) is 0 Å². The molecule has 0 aromatic heterocycles. The summed E-state index contributed by atoms with van der Waals surface area (Å²) in [5, 5.41) is 0.525. The Morgan fingerprint density at radius 3 is 2.46 bits per heavy atom. The highest BCUT2D eigenvalue weighted by molar-refractivity contribution is 7.62. The van der Waals surface area contributed by atoms with E-state index in [0.29, 0.717) is 5.30 Å². The first-order chi connectivity index (χ1) is 6.23. The second-order valence-corrected chi connectivity index (χ2v) is 4.37. The summed E-state index contributed by atoms with van der Waals surface area (Å²) < 4.78 is 21.6. The summed E-state index contributed by atoms with van der Waals surface area (Å²) in [4.78, 5) is 0. The van der Waals surface area contributed by atoms with E-state index in [0.717, 1.165) is 6.26 Å². The molecule has 0 fully saturated rings. The quantitative estimate of drug-likeness (QED) is 0.550. The average Bonchev–Trinajstić information content (AvgIpc) is 2.19. The van der Waals surface area contributed by atoms with Crippen LogP contribution in [0.5, 0.6) is 0 Å². The Kier molecular flexibility index (Phi) is 3.29. The number of hydrogen-bond acceptors (Lipinski definition) is 3. The van der Waals surface area contributed by atoms with Gasteiger partial charge in [-0.1, -0.05) is 24.8 Å². The third-order valence-corrected chi connectivity index (χ3v) is 3.36. The van der Waals surface area contributed by atoms with Crippen molar-refractivity contribution in [2.75, 3.05) is 7.11 Å². The monoisotopic (exact) mass is 198 g/mol. The lowest BCUT2D eigenvalue weighted by atomic mass is 10.4. The first kappa shape index (κ1) is 10.0. The summed E-state index contributed by atoms with van der Waals surface area (Å²) in [6, 6.07) is 8.75. The lowest BCUT2D eigenvalue weighted by Crippen LogP contribution is -2.06. The molecule has 1 rings (SSSR count). The summed E-state index contributed by atoms with van der Waals surface area (Å²) in [6.07, 6.45) is 1.12. The zero-order valence-electron chi connectivity index (χ0n) is 7.34. The van der Waals surface area contributed by atoms with Gasteiger partial charge in [-0.25, -0.2) is 4.57 Å². The van der Waals surface area contributed by atoms with Crippen LogP contribution in [0, 0.1) is 0 Å². The van der Waals surface area contributed by atoms with Crippen molar-refractivity contribution in [2.24, 2.45) is 0 Å². The molecular weight excluding hydrogens is 187 g/mol. The summed E-state index contributed by atoms with van der Waals surface area (Å²) in [5.41, 5.74) is 0. The number of benzene rings is 1. The molecular formula is C9H11O3P. The van der Waals surface area contributed by atoms with Crippen molar-refractivity contribution >= 4 is 12.9 Å². The Morgan fingerprint density at radius 2 is 2.00 bits per heavy atom. The summed E-state index contributed by atoms with van der Waals surface area (Å²) >= 11 is 0. The molecule has 0 heterocycles. The normalized spacial score (nSPS) is 14.5. The highest BCUT2D eigenvalue weighted by Gasteiger charge is 2.24. The Balaban J connectivity index is 3.03. The molecule has 4 heteroatoms. The predicted molar refractivity (Wildman–Crippen MR) is 52.0 cm³/mol. The van der Waals surface area contributed by atoms with Crippen LogP contribution >= 0.6 is 7.60 Å². The molecule has 0 saturated heterocycles. The van der Waals surface area contributed by atoms with E-state index < -0.39 is 7.60 Å². The molecule has 0 aliphatic rings. The van der Waals surface area contributed by atoms with Crippen molar-refractivity contribution in [3.05, 3.63) is 43.2 Å². The topological polar surface area (TPSA) is 35.5 Å². The molecule has 0 radical (unpaired) electrons. The van der Waals surface area contributed by atoms with E-state index in [2.05, 4.69) is 6.58 Å². The van der Waals surface area contributed by atoms with Gasteiger partial charge in [-0.05, 0) is 12.1 Å². The highest BCUT2D eigenvalue weighted by Crippen LogP contribution is 2.45. The maximum Gasteiger partial charge on any atom is 0.409 e. The van der Waals surface area contributed by atoms with Crippen molar-refractivity contribution < 1.29 is 13.6 Å². The Bertz CT molecular complexity index is 321. The van der Waals surface area contributed by atoms with Crippen LogP contribution in [0.15, 0.2) is 43.2 Å². The molecule has 0 aliphatic carbocycles. The molecule has 0 bridgehead atoms. The van der Waals surface area contributed by atoms with Crippen LogP contribution in [0.4, 0.5) is 0 Å². The lowest BCUT2D eigenvalue weighted by Gasteiger charge is -2.13. The maximum atomic E-state index is 11.9. The molecule has 1 unspecified atom stereocenters. The zero-order valence-corrected chi connectivity index (χ0v) is 8.24. The van der Waals surface area contributed by atoms with Gasteiger partial charge in [-0.15, -0.1) is 0 Å². The van der Waals surface area contributed by atoms with Gasteiger partial charge in [0.15, 0.2) is 0 Å². The van der Waals surface area contributed by atoms with Crippen molar-refractivity contribution in [3.8, 4) is 0 Å². The van der Waals surface area contributed by atoms with Crippen molar-refractivity contribution in [1.82, 2.24) is 0 Å². The van der Waals surface area contributed by atoms with Crippen LogP contribution in [0.1, 0.15) is 0 Å². The van der Waals surface area contributed by atoms with Gasteiger partial charge in [0.05, 0.1) is 11.6 Å². The molecule has 1 aromatic carbocycles. The van der Waals surface area contributed by atoms with E-state index in [9.17, 15) is 4.57 Å².